The summed E-state index contributed by atoms with van der Waals surface area (Å²) in [4.78, 5) is 38.5. The minimum atomic E-state index is -0.256. The summed E-state index contributed by atoms with van der Waals surface area (Å²) in [5.41, 5.74) is 5.25. The first-order valence-corrected chi connectivity index (χ1v) is 12.1. The van der Waals surface area contributed by atoms with Gasteiger partial charge in [-0.1, -0.05) is 64.5 Å². The molecular formula is C29H18BrN5O2. The van der Waals surface area contributed by atoms with Crippen molar-refractivity contribution in [3.05, 3.63) is 128 Å². The zero-order valence-corrected chi connectivity index (χ0v) is 20.9. The lowest BCUT2D eigenvalue weighted by atomic mass is 10.1. The van der Waals surface area contributed by atoms with E-state index in [4.69, 9.17) is 5.26 Å². The van der Waals surface area contributed by atoms with Gasteiger partial charge >= 0.3 is 0 Å². The first kappa shape index (κ1) is 23.9. The lowest BCUT2D eigenvalue weighted by Crippen LogP contribution is -2.11. The third-order valence-corrected chi connectivity index (χ3v) is 6.06. The molecule has 0 bridgehead atoms. The lowest BCUT2D eigenvalue weighted by Gasteiger charge is -2.03. The van der Waals surface area contributed by atoms with Crippen molar-refractivity contribution < 1.29 is 0 Å². The van der Waals surface area contributed by atoms with Crippen LogP contribution in [0, 0.1) is 11.3 Å². The average Bonchev–Trinajstić information content (AvgIpc) is 2.92. The normalized spacial score (nSPS) is 10.5. The third-order valence-electron chi connectivity index (χ3n) is 5.56. The van der Waals surface area contributed by atoms with Gasteiger partial charge in [0.25, 0.3) is 11.1 Å². The van der Waals surface area contributed by atoms with Gasteiger partial charge in [0.1, 0.15) is 11.4 Å². The molecule has 0 aliphatic carbocycles. The maximum atomic E-state index is 12.0. The topological polar surface area (TPSA) is 115 Å². The molecule has 0 atom stereocenters. The van der Waals surface area contributed by atoms with Gasteiger partial charge in [0, 0.05) is 15.6 Å². The van der Waals surface area contributed by atoms with Crippen LogP contribution in [0.5, 0.6) is 0 Å². The van der Waals surface area contributed by atoms with Gasteiger partial charge in [-0.05, 0) is 48.5 Å². The fraction of sp³-hybridized carbons (Fsp3) is 0. The molecule has 0 aliphatic heterocycles. The summed E-state index contributed by atoms with van der Waals surface area (Å²) < 4.78 is 0.925. The van der Waals surface area contributed by atoms with Crippen molar-refractivity contribution >= 4 is 38.0 Å². The van der Waals surface area contributed by atoms with Crippen LogP contribution in [-0.2, 0) is 0 Å². The van der Waals surface area contributed by atoms with Gasteiger partial charge in [-0.2, -0.15) is 5.26 Å². The smallest absolute Gasteiger partial charge is 0.274 e. The highest BCUT2D eigenvalue weighted by molar-refractivity contribution is 9.10. The van der Waals surface area contributed by atoms with Crippen LogP contribution in [0.25, 0.3) is 44.6 Å². The van der Waals surface area contributed by atoms with Crippen LogP contribution in [0.2, 0.25) is 0 Å². The number of rotatable bonds is 2. The maximum Gasteiger partial charge on any atom is 0.274 e. The van der Waals surface area contributed by atoms with E-state index in [1.54, 1.807) is 30.3 Å². The Morgan fingerprint density at radius 3 is 1.70 bits per heavy atom. The van der Waals surface area contributed by atoms with Gasteiger partial charge in [0.2, 0.25) is 0 Å². The molecule has 0 fully saturated rings. The number of benzene rings is 4. The quantitative estimate of drug-likeness (QED) is 0.283. The second-order valence-electron chi connectivity index (χ2n) is 8.07. The summed E-state index contributed by atoms with van der Waals surface area (Å²) in [6, 6.07) is 31.3. The first-order valence-electron chi connectivity index (χ1n) is 11.3. The van der Waals surface area contributed by atoms with Crippen molar-refractivity contribution in [2.45, 2.75) is 0 Å². The summed E-state index contributed by atoms with van der Waals surface area (Å²) in [5, 5.41) is 8.89. The lowest BCUT2D eigenvalue weighted by molar-refractivity contribution is 1.22. The van der Waals surface area contributed by atoms with E-state index in [9.17, 15) is 9.59 Å². The largest absolute Gasteiger partial charge is 0.319 e. The second-order valence-corrected chi connectivity index (χ2v) is 8.98. The Bertz CT molecular complexity index is 1920. The number of hydrogen-bond acceptors (Lipinski definition) is 5. The second kappa shape index (κ2) is 10.4. The Morgan fingerprint density at radius 1 is 0.649 bits per heavy atom. The summed E-state index contributed by atoms with van der Waals surface area (Å²) in [6.45, 7) is 0. The minimum absolute atomic E-state index is 0.174. The Morgan fingerprint density at radius 2 is 1.16 bits per heavy atom. The number of halogens is 1. The Kier molecular flexibility index (Phi) is 6.70. The van der Waals surface area contributed by atoms with Crippen LogP contribution in [0.1, 0.15) is 5.56 Å². The Labute approximate surface area is 219 Å². The highest BCUT2D eigenvalue weighted by Crippen LogP contribution is 2.20. The molecule has 2 aromatic heterocycles. The van der Waals surface area contributed by atoms with Gasteiger partial charge in [0.15, 0.2) is 0 Å². The zero-order chi connectivity index (χ0) is 25.8. The fourth-order valence-corrected chi connectivity index (χ4v) is 4.22. The van der Waals surface area contributed by atoms with Gasteiger partial charge in [0.05, 0.1) is 33.7 Å². The number of nitrogens with zero attached hydrogens (tertiary/aromatic N) is 3. The van der Waals surface area contributed by atoms with Crippen LogP contribution >= 0.6 is 15.9 Å². The van der Waals surface area contributed by atoms with Crippen molar-refractivity contribution in [2.75, 3.05) is 0 Å². The van der Waals surface area contributed by atoms with Gasteiger partial charge in [-0.25, -0.2) is 9.97 Å². The molecule has 0 aliphatic rings. The molecule has 6 aromatic rings. The van der Waals surface area contributed by atoms with E-state index in [1.807, 2.05) is 66.7 Å². The van der Waals surface area contributed by atoms with E-state index in [1.165, 1.54) is 0 Å². The van der Waals surface area contributed by atoms with Gasteiger partial charge in [-0.3, -0.25) is 9.59 Å². The molecule has 0 unspecified atom stereocenters. The predicted molar refractivity (Wildman–Crippen MR) is 148 cm³/mol. The van der Waals surface area contributed by atoms with E-state index in [0.29, 0.717) is 28.0 Å². The SMILES string of the molecule is N#Cc1cccc(-c2nc3ccccc3[nH]c2=O)c1.O=c1[nH]c2ccccc2nc1-c1cccc(Br)c1. The molecular weight excluding hydrogens is 530 g/mol. The zero-order valence-electron chi connectivity index (χ0n) is 19.3. The van der Waals surface area contributed by atoms with Crippen molar-refractivity contribution in [3.63, 3.8) is 0 Å². The fourth-order valence-electron chi connectivity index (χ4n) is 3.82. The predicted octanol–water partition coefficient (Wildman–Crippen LogP) is 5.81. The summed E-state index contributed by atoms with van der Waals surface area (Å²) in [7, 11) is 0. The number of aromatic amines is 2. The molecule has 0 saturated heterocycles. The van der Waals surface area contributed by atoms with Crippen LogP contribution in [0.3, 0.4) is 0 Å². The molecule has 7 nitrogen and oxygen atoms in total. The maximum absolute atomic E-state index is 12.0. The van der Waals surface area contributed by atoms with Crippen LogP contribution in [0.4, 0.5) is 0 Å². The van der Waals surface area contributed by atoms with E-state index < -0.39 is 0 Å². The summed E-state index contributed by atoms with van der Waals surface area (Å²) >= 11 is 3.39. The minimum Gasteiger partial charge on any atom is -0.319 e. The first-order chi connectivity index (χ1) is 18.0. The number of nitrogens with one attached hydrogen (secondary N) is 2. The van der Waals surface area contributed by atoms with Crippen LogP contribution in [0.15, 0.2) is 111 Å². The molecule has 4 aromatic carbocycles. The molecule has 0 saturated carbocycles. The standard InChI is InChI=1S/C15H9N3O.C14H9BrN2O/c16-9-10-4-3-5-11(8-10)14-15(19)18-13-7-2-1-6-12(13)17-14;15-10-5-3-4-9(8-10)13-14(18)17-12-7-2-1-6-11(12)16-13/h1-8H,(H,18,19);1-8H,(H,17,18). The highest BCUT2D eigenvalue weighted by atomic mass is 79.9. The average molecular weight is 548 g/mol. The molecule has 37 heavy (non-hydrogen) atoms. The van der Waals surface area contributed by atoms with Gasteiger partial charge < -0.3 is 9.97 Å². The number of para-hydroxylation sites is 4. The number of aromatic nitrogens is 4. The van der Waals surface area contributed by atoms with Crippen molar-refractivity contribution in [3.8, 4) is 28.6 Å². The molecule has 6 rings (SSSR count). The van der Waals surface area contributed by atoms with Crippen molar-refractivity contribution in [2.24, 2.45) is 0 Å². The number of H-pyrrole nitrogens is 2. The molecule has 8 heteroatoms. The molecule has 2 N–H and O–H groups in total. The number of nitriles is 1. The summed E-state index contributed by atoms with van der Waals surface area (Å²) in [5.74, 6) is 0. The number of hydrogen-bond donors (Lipinski definition) is 2. The Hall–Kier alpha value is -4.87. The van der Waals surface area contributed by atoms with Crippen molar-refractivity contribution in [1.82, 2.24) is 19.9 Å². The van der Waals surface area contributed by atoms with Gasteiger partial charge in [-0.15, -0.1) is 0 Å². The van der Waals surface area contributed by atoms with E-state index in [0.717, 1.165) is 26.6 Å². The van der Waals surface area contributed by atoms with Crippen LogP contribution in [-0.4, -0.2) is 19.9 Å². The molecule has 0 amide bonds. The van der Waals surface area contributed by atoms with Crippen molar-refractivity contribution in [1.29, 1.82) is 5.26 Å². The molecule has 178 valence electrons. The number of fused-ring (bicyclic) bond motifs is 2. The highest BCUT2D eigenvalue weighted by Gasteiger charge is 2.08. The van der Waals surface area contributed by atoms with E-state index in [-0.39, 0.29) is 11.1 Å². The van der Waals surface area contributed by atoms with E-state index >= 15 is 0 Å². The molecule has 0 radical (unpaired) electrons. The molecule has 2 heterocycles. The third kappa shape index (κ3) is 5.22. The Balaban J connectivity index is 0.000000152. The van der Waals surface area contributed by atoms with Crippen LogP contribution < -0.4 is 11.1 Å². The monoisotopic (exact) mass is 547 g/mol. The molecule has 0 spiro atoms. The summed E-state index contributed by atoms with van der Waals surface area (Å²) in [6.07, 6.45) is 0. The van der Waals surface area contributed by atoms with E-state index in [2.05, 4.69) is 41.9 Å².